The second kappa shape index (κ2) is 8.38. The van der Waals surface area contributed by atoms with Gasteiger partial charge in [-0.3, -0.25) is 0 Å². The van der Waals surface area contributed by atoms with Gasteiger partial charge in [0.1, 0.15) is 0 Å². The highest BCUT2D eigenvalue weighted by Crippen LogP contribution is 2.24. The molecule has 0 saturated heterocycles. The zero-order valence-electron chi connectivity index (χ0n) is 11.9. The summed E-state index contributed by atoms with van der Waals surface area (Å²) in [6, 6.07) is 7.62. The molecule has 1 aromatic carbocycles. The van der Waals surface area contributed by atoms with Gasteiger partial charge in [0, 0.05) is 23.1 Å². The van der Waals surface area contributed by atoms with Crippen LogP contribution in [0.2, 0.25) is 5.02 Å². The molecule has 0 amide bonds. The molecule has 0 spiro atoms. The van der Waals surface area contributed by atoms with E-state index in [1.165, 1.54) is 0 Å². The third-order valence-electron chi connectivity index (χ3n) is 2.50. The Morgan fingerprint density at radius 2 is 1.86 bits per heavy atom. The van der Waals surface area contributed by atoms with Crippen LogP contribution in [0, 0.1) is 0 Å². The van der Waals surface area contributed by atoms with E-state index in [4.69, 9.17) is 25.6 Å². The van der Waals surface area contributed by atoms with E-state index in [1.54, 1.807) is 11.8 Å². The first-order chi connectivity index (χ1) is 10.2. The van der Waals surface area contributed by atoms with Crippen molar-refractivity contribution in [3.05, 3.63) is 41.0 Å². The fraction of sp³-hybridized carbons (Fsp3) is 0.429. The van der Waals surface area contributed by atoms with E-state index in [-0.39, 0.29) is 0 Å². The Morgan fingerprint density at radius 3 is 2.48 bits per heavy atom. The first kappa shape index (κ1) is 16.3. The molecule has 7 heteroatoms. The number of nitrogens with zero attached hydrogens (tertiary/aromatic N) is 2. The van der Waals surface area contributed by atoms with E-state index < -0.39 is 6.29 Å². The Labute approximate surface area is 133 Å². The average molecular weight is 329 g/mol. The minimum Gasteiger partial charge on any atom is -0.345 e. The average Bonchev–Trinajstić information content (AvgIpc) is 2.95. The Balaban J connectivity index is 1.94. The summed E-state index contributed by atoms with van der Waals surface area (Å²) in [6.45, 7) is 4.81. The highest BCUT2D eigenvalue weighted by molar-refractivity contribution is 7.98. The smallest absolute Gasteiger partial charge is 0.283 e. The standard InChI is InChI=1S/C14H17ClN2O3S/c1-3-18-14(19-4-2)13-16-12(17-20-13)9-21-11-7-5-10(15)6-8-11/h5-8,14H,3-4,9H2,1-2H3. The molecule has 5 nitrogen and oxygen atoms in total. The summed E-state index contributed by atoms with van der Waals surface area (Å²) >= 11 is 7.46. The SMILES string of the molecule is CCOC(OCC)c1nc(CSc2ccc(Cl)cc2)no1. The van der Waals surface area contributed by atoms with Gasteiger partial charge in [0.15, 0.2) is 5.82 Å². The number of halogens is 1. The van der Waals surface area contributed by atoms with Crippen LogP contribution in [0.4, 0.5) is 0 Å². The third-order valence-corrected chi connectivity index (χ3v) is 3.76. The van der Waals surface area contributed by atoms with Crippen LogP contribution in [-0.4, -0.2) is 23.4 Å². The quantitative estimate of drug-likeness (QED) is 0.537. The van der Waals surface area contributed by atoms with Crippen molar-refractivity contribution in [3.8, 4) is 0 Å². The van der Waals surface area contributed by atoms with Crippen LogP contribution < -0.4 is 0 Å². The molecule has 1 heterocycles. The first-order valence-corrected chi connectivity index (χ1v) is 8.03. The molecule has 0 bridgehead atoms. The summed E-state index contributed by atoms with van der Waals surface area (Å²) in [6.07, 6.45) is -0.596. The molecule has 2 aromatic rings. The van der Waals surface area contributed by atoms with Crippen molar-refractivity contribution in [2.24, 2.45) is 0 Å². The molecule has 2 rings (SSSR count). The lowest BCUT2D eigenvalue weighted by atomic mass is 10.4. The molecule has 0 aliphatic heterocycles. The third kappa shape index (κ3) is 5.00. The molecule has 0 saturated carbocycles. The van der Waals surface area contributed by atoms with E-state index in [0.717, 1.165) is 9.92 Å². The largest absolute Gasteiger partial charge is 0.345 e. The lowest BCUT2D eigenvalue weighted by molar-refractivity contribution is -0.155. The number of aromatic nitrogens is 2. The second-order valence-electron chi connectivity index (χ2n) is 4.03. The van der Waals surface area contributed by atoms with Gasteiger partial charge >= 0.3 is 0 Å². The van der Waals surface area contributed by atoms with Crippen LogP contribution in [0.25, 0.3) is 0 Å². The number of rotatable bonds is 8. The van der Waals surface area contributed by atoms with Gasteiger partial charge in [0.25, 0.3) is 5.89 Å². The van der Waals surface area contributed by atoms with Crippen molar-refractivity contribution in [3.63, 3.8) is 0 Å². The highest BCUT2D eigenvalue weighted by Gasteiger charge is 2.19. The molecule has 0 unspecified atom stereocenters. The topological polar surface area (TPSA) is 57.4 Å². The van der Waals surface area contributed by atoms with Crippen molar-refractivity contribution >= 4 is 23.4 Å². The second-order valence-corrected chi connectivity index (χ2v) is 5.52. The minimum absolute atomic E-state index is 0.352. The molecule has 0 fully saturated rings. The van der Waals surface area contributed by atoms with Crippen LogP contribution in [0.5, 0.6) is 0 Å². The fourth-order valence-electron chi connectivity index (χ4n) is 1.59. The molecular weight excluding hydrogens is 312 g/mol. The number of thioether (sulfide) groups is 1. The maximum absolute atomic E-state index is 5.85. The van der Waals surface area contributed by atoms with Gasteiger partial charge in [-0.15, -0.1) is 11.8 Å². The Morgan fingerprint density at radius 1 is 1.19 bits per heavy atom. The molecule has 21 heavy (non-hydrogen) atoms. The predicted molar refractivity (Wildman–Crippen MR) is 81.3 cm³/mol. The molecule has 0 aliphatic carbocycles. The fourth-order valence-corrected chi connectivity index (χ4v) is 2.46. The summed E-state index contributed by atoms with van der Waals surface area (Å²) in [5, 5.41) is 4.66. The van der Waals surface area contributed by atoms with Crippen molar-refractivity contribution in [1.29, 1.82) is 0 Å². The Kier molecular flexibility index (Phi) is 6.50. The van der Waals surface area contributed by atoms with E-state index >= 15 is 0 Å². The van der Waals surface area contributed by atoms with E-state index in [0.29, 0.717) is 30.7 Å². The lowest BCUT2D eigenvalue weighted by Gasteiger charge is -2.11. The highest BCUT2D eigenvalue weighted by atomic mass is 35.5. The van der Waals surface area contributed by atoms with Crippen LogP contribution in [-0.2, 0) is 15.2 Å². The van der Waals surface area contributed by atoms with Crippen LogP contribution in [0.1, 0.15) is 31.9 Å². The van der Waals surface area contributed by atoms with Crippen LogP contribution in [0.3, 0.4) is 0 Å². The summed E-state index contributed by atoms with van der Waals surface area (Å²) in [4.78, 5) is 5.40. The van der Waals surface area contributed by atoms with Gasteiger partial charge in [-0.1, -0.05) is 16.8 Å². The molecule has 0 atom stereocenters. The van der Waals surface area contributed by atoms with Gasteiger partial charge in [-0.25, -0.2) is 0 Å². The summed E-state index contributed by atoms with van der Waals surface area (Å²) in [5.41, 5.74) is 0. The van der Waals surface area contributed by atoms with Gasteiger partial charge < -0.3 is 14.0 Å². The summed E-state index contributed by atoms with van der Waals surface area (Å²) in [5.74, 6) is 1.57. The van der Waals surface area contributed by atoms with E-state index in [2.05, 4.69) is 10.1 Å². The maximum Gasteiger partial charge on any atom is 0.283 e. The summed E-state index contributed by atoms with van der Waals surface area (Å²) in [7, 11) is 0. The summed E-state index contributed by atoms with van der Waals surface area (Å²) < 4.78 is 16.0. The van der Waals surface area contributed by atoms with Crippen molar-refractivity contribution in [1.82, 2.24) is 10.1 Å². The zero-order valence-corrected chi connectivity index (χ0v) is 13.5. The first-order valence-electron chi connectivity index (χ1n) is 6.67. The number of benzene rings is 1. The van der Waals surface area contributed by atoms with Gasteiger partial charge in [0.05, 0.1) is 5.75 Å². The molecule has 0 aliphatic rings. The number of ether oxygens (including phenoxy) is 2. The van der Waals surface area contributed by atoms with Gasteiger partial charge in [0.2, 0.25) is 6.29 Å². The van der Waals surface area contributed by atoms with Crippen molar-refractivity contribution < 1.29 is 14.0 Å². The monoisotopic (exact) mass is 328 g/mol. The molecule has 1 aromatic heterocycles. The maximum atomic E-state index is 5.85. The van der Waals surface area contributed by atoms with Crippen molar-refractivity contribution in [2.75, 3.05) is 13.2 Å². The van der Waals surface area contributed by atoms with Gasteiger partial charge in [-0.05, 0) is 38.1 Å². The van der Waals surface area contributed by atoms with Crippen LogP contribution >= 0.6 is 23.4 Å². The number of hydrogen-bond donors (Lipinski definition) is 0. The van der Waals surface area contributed by atoms with E-state index in [9.17, 15) is 0 Å². The predicted octanol–water partition coefficient (Wildman–Crippen LogP) is 4.09. The molecule has 0 N–H and O–H groups in total. The van der Waals surface area contributed by atoms with E-state index in [1.807, 2.05) is 38.1 Å². The zero-order chi connectivity index (χ0) is 15.1. The minimum atomic E-state index is -0.596. The van der Waals surface area contributed by atoms with Crippen LogP contribution in [0.15, 0.2) is 33.7 Å². The Hall–Kier alpha value is -1.08. The van der Waals surface area contributed by atoms with Gasteiger partial charge in [-0.2, -0.15) is 4.98 Å². The normalized spacial score (nSPS) is 11.2. The number of hydrogen-bond acceptors (Lipinski definition) is 6. The van der Waals surface area contributed by atoms with Crippen molar-refractivity contribution in [2.45, 2.75) is 30.8 Å². The molecule has 114 valence electrons. The molecule has 0 radical (unpaired) electrons. The molecular formula is C14H17ClN2O3S. The Bertz CT molecular complexity index is 541. The lowest BCUT2D eigenvalue weighted by Crippen LogP contribution is -2.09.